The van der Waals surface area contributed by atoms with E-state index in [1.54, 1.807) is 6.92 Å². The van der Waals surface area contributed by atoms with Gasteiger partial charge in [0, 0.05) is 31.5 Å². The maximum atomic E-state index is 12.2. The van der Waals surface area contributed by atoms with E-state index in [1.807, 2.05) is 0 Å². The number of aliphatic hydroxyl groups is 1. The number of hydrogen-bond acceptors (Lipinski definition) is 12. The van der Waals surface area contributed by atoms with Gasteiger partial charge in [0.1, 0.15) is 18.4 Å². The molecule has 18 heteroatoms. The molecule has 16 nitrogen and oxygen atoms in total. The van der Waals surface area contributed by atoms with E-state index in [-0.39, 0.29) is 24.8 Å². The zero-order valence-corrected chi connectivity index (χ0v) is 21.3. The van der Waals surface area contributed by atoms with Crippen LogP contribution in [0.15, 0.2) is 15.8 Å². The average molecular weight is 558 g/mol. The van der Waals surface area contributed by atoms with Crippen molar-refractivity contribution in [2.24, 2.45) is 0 Å². The monoisotopic (exact) mass is 558 g/mol. The first-order valence-corrected chi connectivity index (χ1v) is 13.8. The van der Waals surface area contributed by atoms with Gasteiger partial charge >= 0.3 is 27.3 Å². The van der Waals surface area contributed by atoms with Crippen molar-refractivity contribution in [3.05, 3.63) is 32.6 Å². The summed E-state index contributed by atoms with van der Waals surface area (Å²) in [5.41, 5.74) is -1.14. The number of H-pyrrole nitrogens is 1. The summed E-state index contributed by atoms with van der Waals surface area (Å²) in [5.74, 6) is -0.520. The molecule has 3 rings (SSSR count). The molecule has 0 radical (unpaired) electrons. The Morgan fingerprint density at radius 3 is 2.56 bits per heavy atom. The molecule has 0 amide bonds. The van der Waals surface area contributed by atoms with Gasteiger partial charge in [0.25, 0.3) is 5.56 Å². The van der Waals surface area contributed by atoms with Crippen LogP contribution in [0.1, 0.15) is 44.9 Å². The Bertz CT molecular complexity index is 1170. The third-order valence-corrected chi connectivity index (χ3v) is 8.04. The van der Waals surface area contributed by atoms with Crippen LogP contribution in [-0.2, 0) is 41.5 Å². The second kappa shape index (κ2) is 11.4. The average Bonchev–Trinajstić information content (AvgIpc) is 3.10. The minimum absolute atomic E-state index is 0.0277. The number of aromatic amines is 1. The highest BCUT2D eigenvalue weighted by Gasteiger charge is 2.42. The van der Waals surface area contributed by atoms with Crippen molar-refractivity contribution in [1.29, 1.82) is 0 Å². The molecule has 2 aliphatic heterocycles. The van der Waals surface area contributed by atoms with E-state index >= 15 is 0 Å². The molecule has 3 unspecified atom stereocenters. The molecular weight excluding hydrogens is 530 g/mol. The molecule has 0 bridgehead atoms. The molecule has 0 spiro atoms. The Hall–Kier alpha value is -1.71. The minimum atomic E-state index is -5.19. The smallest absolute Gasteiger partial charge is 0.460 e. The highest BCUT2D eigenvalue weighted by molar-refractivity contribution is 7.61. The van der Waals surface area contributed by atoms with Gasteiger partial charge in [-0.25, -0.2) is 13.9 Å². The summed E-state index contributed by atoms with van der Waals surface area (Å²) < 4.78 is 55.2. The summed E-state index contributed by atoms with van der Waals surface area (Å²) in [4.78, 5) is 56.5. The van der Waals surface area contributed by atoms with Crippen molar-refractivity contribution in [2.75, 3.05) is 6.61 Å². The molecule has 1 aromatic heterocycles. The second-order valence-corrected chi connectivity index (χ2v) is 11.3. The molecule has 2 saturated heterocycles. The lowest BCUT2D eigenvalue weighted by atomic mass is 10.1. The first-order chi connectivity index (χ1) is 16.7. The molecule has 3 heterocycles. The first-order valence-electron chi connectivity index (χ1n) is 10.8. The van der Waals surface area contributed by atoms with Gasteiger partial charge in [0.05, 0.1) is 18.8 Å². The number of aromatic nitrogens is 2. The number of nitrogens with one attached hydrogen (secondary N) is 1. The van der Waals surface area contributed by atoms with E-state index in [0.717, 1.165) is 4.57 Å². The van der Waals surface area contributed by atoms with Crippen molar-refractivity contribution >= 4 is 21.6 Å². The number of hydrogen-bond donors (Lipinski definition) is 4. The highest BCUT2D eigenvalue weighted by Crippen LogP contribution is 2.61. The van der Waals surface area contributed by atoms with Crippen molar-refractivity contribution in [2.45, 2.75) is 77.0 Å². The largest absolute Gasteiger partial charge is 0.483 e. The summed E-state index contributed by atoms with van der Waals surface area (Å²) in [5, 5.41) is 10.2. The Labute approximate surface area is 204 Å². The molecule has 36 heavy (non-hydrogen) atoms. The third kappa shape index (κ3) is 7.65. The Balaban J connectivity index is 1.53. The molecule has 204 valence electrons. The lowest BCUT2D eigenvalue weighted by Crippen LogP contribution is -2.40. The zero-order chi connectivity index (χ0) is 26.8. The lowest BCUT2D eigenvalue weighted by Gasteiger charge is -2.34. The van der Waals surface area contributed by atoms with Gasteiger partial charge in [-0.05, 0) is 20.3 Å². The number of phosphoric ester groups is 2. The van der Waals surface area contributed by atoms with Crippen molar-refractivity contribution in [3.63, 3.8) is 0 Å². The zero-order valence-electron chi connectivity index (χ0n) is 19.5. The van der Waals surface area contributed by atoms with Crippen molar-refractivity contribution in [3.8, 4) is 0 Å². The molecule has 2 fully saturated rings. The van der Waals surface area contributed by atoms with E-state index in [9.17, 15) is 38.4 Å². The standard InChI is InChI=1S/C18H28N2O14P2/c1-9-7-20(18(24)19-17(9)23)15-6-12(22)14(32-15)8-29-35(25,26)34-36(27,28)33-16-5-4-13(10(2)30-16)31-11(3)21/h7,10,12-16,22H,4-6,8H2,1-3H3,(H,25,26)(H,27,28)(H,19,23,24)/t10-,12-,13-,14+,15+,16?/m0/s1. The molecule has 1 aromatic rings. The maximum Gasteiger partial charge on any atom is 0.483 e. The fourth-order valence-electron chi connectivity index (χ4n) is 3.70. The van der Waals surface area contributed by atoms with Gasteiger partial charge in [-0.15, -0.1) is 0 Å². The number of aliphatic hydroxyl groups excluding tert-OH is 1. The molecule has 8 atom stereocenters. The normalized spacial score (nSPS) is 31.9. The van der Waals surface area contributed by atoms with Crippen LogP contribution in [-0.4, -0.2) is 67.7 Å². The Morgan fingerprint density at radius 1 is 1.22 bits per heavy atom. The number of phosphoric acid groups is 2. The van der Waals surface area contributed by atoms with Crippen LogP contribution in [0, 0.1) is 6.92 Å². The van der Waals surface area contributed by atoms with Crippen LogP contribution in [0.25, 0.3) is 0 Å². The van der Waals surface area contributed by atoms with Crippen molar-refractivity contribution < 1.29 is 56.4 Å². The summed E-state index contributed by atoms with van der Waals surface area (Å²) in [6, 6.07) is 0. The molecule has 2 aliphatic rings. The number of ether oxygens (including phenoxy) is 3. The fraction of sp³-hybridized carbons (Fsp3) is 0.722. The van der Waals surface area contributed by atoms with Gasteiger partial charge in [0.15, 0.2) is 6.29 Å². The minimum Gasteiger partial charge on any atom is -0.460 e. The number of aryl methyl sites for hydroxylation is 1. The quantitative estimate of drug-likeness (QED) is 0.235. The third-order valence-electron chi connectivity index (χ3n) is 5.41. The predicted octanol–water partition coefficient (Wildman–Crippen LogP) is 0.201. The van der Waals surface area contributed by atoms with Crippen molar-refractivity contribution in [1.82, 2.24) is 9.55 Å². The fourth-order valence-corrected chi connectivity index (χ4v) is 5.87. The molecule has 4 N–H and O–H groups in total. The summed E-state index contributed by atoms with van der Waals surface area (Å²) in [6.07, 6.45) is -4.62. The molecule has 0 saturated carbocycles. The maximum absolute atomic E-state index is 12.2. The van der Waals surface area contributed by atoms with Crippen LogP contribution in [0.5, 0.6) is 0 Å². The lowest BCUT2D eigenvalue weighted by molar-refractivity contribution is -0.200. The van der Waals surface area contributed by atoms with Crippen LogP contribution >= 0.6 is 15.6 Å². The number of carbonyl (C=O) groups excluding carboxylic acids is 1. The second-order valence-electron chi connectivity index (χ2n) is 8.33. The number of rotatable bonds is 9. The Morgan fingerprint density at radius 2 is 1.92 bits per heavy atom. The van der Waals surface area contributed by atoms with E-state index in [1.165, 1.54) is 20.0 Å². The van der Waals surface area contributed by atoms with E-state index in [2.05, 4.69) is 9.29 Å². The van der Waals surface area contributed by atoms with Crippen LogP contribution in [0.2, 0.25) is 0 Å². The van der Waals surface area contributed by atoms with Crippen LogP contribution < -0.4 is 11.2 Å². The topological polar surface area (TPSA) is 222 Å². The summed E-state index contributed by atoms with van der Waals surface area (Å²) in [7, 11) is -10.4. The number of esters is 1. The van der Waals surface area contributed by atoms with Gasteiger partial charge < -0.3 is 29.1 Å². The first kappa shape index (κ1) is 28.9. The Kier molecular flexibility index (Phi) is 9.10. The summed E-state index contributed by atoms with van der Waals surface area (Å²) in [6.45, 7) is 3.50. The van der Waals surface area contributed by atoms with Crippen LogP contribution in [0.4, 0.5) is 0 Å². The van der Waals surface area contributed by atoms with Gasteiger partial charge in [-0.2, -0.15) is 4.31 Å². The molecule has 0 aromatic carbocycles. The van der Waals surface area contributed by atoms with Gasteiger partial charge in [-0.3, -0.25) is 28.2 Å². The van der Waals surface area contributed by atoms with E-state index < -0.39 is 76.4 Å². The molecule has 0 aliphatic carbocycles. The number of nitrogens with zero attached hydrogens (tertiary/aromatic N) is 1. The van der Waals surface area contributed by atoms with Gasteiger partial charge in [-0.1, -0.05) is 0 Å². The number of carbonyl (C=O) groups is 1. The highest BCUT2D eigenvalue weighted by atomic mass is 31.3. The van der Waals surface area contributed by atoms with E-state index in [0.29, 0.717) is 0 Å². The SMILES string of the molecule is CC(=O)O[C@H]1CCC(OP(=O)(O)OP(=O)(O)OC[C@H]2O[C@@H](n3cc(C)c(=O)[nH]c3=O)C[C@@H]2O)O[C@H]1C. The molecular formula is C18H28N2O14P2. The van der Waals surface area contributed by atoms with E-state index in [4.69, 9.17) is 23.3 Å². The van der Waals surface area contributed by atoms with Gasteiger partial charge in [0.2, 0.25) is 0 Å². The predicted molar refractivity (Wildman–Crippen MR) is 117 cm³/mol. The van der Waals surface area contributed by atoms with Crippen LogP contribution in [0.3, 0.4) is 0 Å². The summed E-state index contributed by atoms with van der Waals surface area (Å²) >= 11 is 0.